The highest BCUT2D eigenvalue weighted by molar-refractivity contribution is 5.50. The van der Waals surface area contributed by atoms with Crippen molar-refractivity contribution in [1.29, 1.82) is 0 Å². The molecule has 0 fully saturated rings. The van der Waals surface area contributed by atoms with Crippen molar-refractivity contribution in [3.05, 3.63) is 41.5 Å². The molecule has 5 nitrogen and oxygen atoms in total. The Morgan fingerprint density at radius 1 is 1.35 bits per heavy atom. The maximum atomic E-state index is 14.1. The van der Waals surface area contributed by atoms with E-state index in [4.69, 9.17) is 5.11 Å². The second-order valence-corrected chi connectivity index (χ2v) is 4.72. The molecule has 0 aliphatic heterocycles. The second-order valence-electron chi connectivity index (χ2n) is 4.72. The fraction of sp³-hybridized carbons (Fsp3) is 0.357. The summed E-state index contributed by atoms with van der Waals surface area (Å²) in [6, 6.07) is 6.56. The van der Waals surface area contributed by atoms with E-state index >= 15 is 0 Å². The third-order valence-electron chi connectivity index (χ3n) is 2.94. The smallest absolute Gasteiger partial charge is 0.150 e. The molecule has 0 aliphatic carbocycles. The third-order valence-corrected chi connectivity index (χ3v) is 2.94. The molecule has 1 unspecified atom stereocenters. The van der Waals surface area contributed by atoms with E-state index in [9.17, 15) is 9.50 Å². The van der Waals surface area contributed by atoms with Gasteiger partial charge in [0, 0.05) is 17.9 Å². The Morgan fingerprint density at radius 3 is 2.65 bits per heavy atom. The summed E-state index contributed by atoms with van der Waals surface area (Å²) in [7, 11) is 0. The first kappa shape index (κ1) is 14.5. The molecule has 6 heteroatoms. The number of aromatic nitrogens is 2. The molecule has 0 aliphatic rings. The van der Waals surface area contributed by atoms with Gasteiger partial charge in [-0.2, -0.15) is 5.10 Å². The third kappa shape index (κ3) is 3.15. The van der Waals surface area contributed by atoms with Gasteiger partial charge in [0.25, 0.3) is 0 Å². The predicted octanol–water partition coefficient (Wildman–Crippen LogP) is 1.39. The molecule has 0 spiro atoms. The van der Waals surface area contributed by atoms with Crippen molar-refractivity contribution < 1.29 is 14.6 Å². The van der Waals surface area contributed by atoms with Crippen LogP contribution < -0.4 is 5.32 Å². The highest BCUT2D eigenvalue weighted by atomic mass is 19.1. The average Bonchev–Trinajstić information content (AvgIpc) is 2.75. The van der Waals surface area contributed by atoms with Crippen molar-refractivity contribution >= 4 is 5.69 Å². The predicted molar refractivity (Wildman–Crippen MR) is 74.6 cm³/mol. The van der Waals surface area contributed by atoms with Gasteiger partial charge in [0.05, 0.1) is 18.4 Å². The number of anilines is 1. The molecule has 2 rings (SSSR count). The van der Waals surface area contributed by atoms with E-state index in [1.54, 1.807) is 16.8 Å². The van der Waals surface area contributed by atoms with Gasteiger partial charge in [-0.05, 0) is 38.1 Å². The highest BCUT2D eigenvalue weighted by Gasteiger charge is 2.10. The number of aliphatic hydroxyl groups is 2. The van der Waals surface area contributed by atoms with E-state index in [1.807, 2.05) is 19.9 Å². The summed E-state index contributed by atoms with van der Waals surface area (Å²) in [5.74, 6) is -0.403. The first-order chi connectivity index (χ1) is 9.51. The lowest BCUT2D eigenvalue weighted by Crippen LogP contribution is -2.23. The molecule has 1 atom stereocenters. The molecule has 0 bridgehead atoms. The molecule has 0 saturated heterocycles. The number of aliphatic hydroxyl groups excluding tert-OH is 2. The van der Waals surface area contributed by atoms with Crippen LogP contribution >= 0.6 is 0 Å². The van der Waals surface area contributed by atoms with Gasteiger partial charge in [0.15, 0.2) is 5.82 Å². The molecule has 3 N–H and O–H groups in total. The number of halogens is 1. The Balaban J connectivity index is 2.20. The number of hydrogen-bond donors (Lipinski definition) is 3. The molecule has 108 valence electrons. The quantitative estimate of drug-likeness (QED) is 0.773. The van der Waals surface area contributed by atoms with E-state index in [0.29, 0.717) is 11.4 Å². The summed E-state index contributed by atoms with van der Waals surface area (Å²) in [6.07, 6.45) is -0.867. The van der Waals surface area contributed by atoms with Gasteiger partial charge in [-0.1, -0.05) is 0 Å². The van der Waals surface area contributed by atoms with Gasteiger partial charge in [-0.15, -0.1) is 0 Å². The molecule has 1 aromatic carbocycles. The minimum atomic E-state index is -0.867. The number of nitrogens with zero attached hydrogens (tertiary/aromatic N) is 2. The summed E-state index contributed by atoms with van der Waals surface area (Å²) in [4.78, 5) is 0. The Labute approximate surface area is 116 Å². The van der Waals surface area contributed by atoms with E-state index in [1.165, 1.54) is 6.07 Å². The van der Waals surface area contributed by atoms with Crippen molar-refractivity contribution in [2.24, 2.45) is 0 Å². The standard InChI is InChI=1S/C14H18FN3O2/c1-9-5-10(2)18(17-9)14-4-3-11(6-13(14)15)16-7-12(20)8-19/h3-6,12,16,19-20H,7-8H2,1-2H3. The van der Waals surface area contributed by atoms with Crippen molar-refractivity contribution in [3.63, 3.8) is 0 Å². The summed E-state index contributed by atoms with van der Waals surface area (Å²) >= 11 is 0. The molecule has 2 aromatic rings. The second kappa shape index (κ2) is 6.02. The largest absolute Gasteiger partial charge is 0.394 e. The van der Waals surface area contributed by atoms with Crippen LogP contribution in [0.2, 0.25) is 0 Å². The normalized spacial score (nSPS) is 12.4. The monoisotopic (exact) mass is 279 g/mol. The number of rotatable bonds is 5. The van der Waals surface area contributed by atoms with Gasteiger partial charge >= 0.3 is 0 Å². The van der Waals surface area contributed by atoms with Crippen molar-refractivity contribution in [1.82, 2.24) is 9.78 Å². The molecule has 20 heavy (non-hydrogen) atoms. The zero-order chi connectivity index (χ0) is 14.7. The zero-order valence-corrected chi connectivity index (χ0v) is 11.5. The van der Waals surface area contributed by atoms with Gasteiger partial charge < -0.3 is 15.5 Å². The van der Waals surface area contributed by atoms with Crippen molar-refractivity contribution in [3.8, 4) is 5.69 Å². The van der Waals surface area contributed by atoms with E-state index in [2.05, 4.69) is 10.4 Å². The average molecular weight is 279 g/mol. The van der Waals surface area contributed by atoms with Crippen LogP contribution in [0.25, 0.3) is 5.69 Å². The minimum absolute atomic E-state index is 0.162. The van der Waals surface area contributed by atoms with Crippen LogP contribution in [0.1, 0.15) is 11.4 Å². The van der Waals surface area contributed by atoms with Crippen molar-refractivity contribution in [2.45, 2.75) is 20.0 Å². The van der Waals surface area contributed by atoms with Crippen LogP contribution in [-0.4, -0.2) is 39.2 Å². The van der Waals surface area contributed by atoms with Gasteiger partial charge in [0.1, 0.15) is 5.69 Å². The summed E-state index contributed by atoms with van der Waals surface area (Å²) in [6.45, 7) is 3.55. The van der Waals surface area contributed by atoms with Crippen LogP contribution in [0.15, 0.2) is 24.3 Å². The number of nitrogens with one attached hydrogen (secondary N) is 1. The van der Waals surface area contributed by atoms with E-state index < -0.39 is 11.9 Å². The summed E-state index contributed by atoms with van der Waals surface area (Å²) in [5.41, 5.74) is 2.61. The SMILES string of the molecule is Cc1cc(C)n(-c2ccc(NCC(O)CO)cc2F)n1. The lowest BCUT2D eigenvalue weighted by atomic mass is 10.2. The summed E-state index contributed by atoms with van der Waals surface area (Å²) in [5, 5.41) is 25.1. The van der Waals surface area contributed by atoms with Gasteiger partial charge in [0.2, 0.25) is 0 Å². The van der Waals surface area contributed by atoms with E-state index in [0.717, 1.165) is 11.4 Å². The molecule has 0 amide bonds. The molecular weight excluding hydrogens is 261 g/mol. The Kier molecular flexibility index (Phi) is 4.36. The first-order valence-electron chi connectivity index (χ1n) is 6.37. The Hall–Kier alpha value is -1.92. The van der Waals surface area contributed by atoms with Gasteiger partial charge in [-0.3, -0.25) is 0 Å². The van der Waals surface area contributed by atoms with Crippen LogP contribution in [0.5, 0.6) is 0 Å². The molecule has 0 radical (unpaired) electrons. The first-order valence-corrected chi connectivity index (χ1v) is 6.37. The van der Waals surface area contributed by atoms with Crippen LogP contribution in [0.4, 0.5) is 10.1 Å². The van der Waals surface area contributed by atoms with Crippen LogP contribution in [-0.2, 0) is 0 Å². The maximum Gasteiger partial charge on any atom is 0.150 e. The summed E-state index contributed by atoms with van der Waals surface area (Å²) < 4.78 is 15.7. The fourth-order valence-corrected chi connectivity index (χ4v) is 1.96. The number of aryl methyl sites for hydroxylation is 2. The Morgan fingerprint density at radius 2 is 2.10 bits per heavy atom. The number of benzene rings is 1. The van der Waals surface area contributed by atoms with Crippen LogP contribution in [0, 0.1) is 19.7 Å². The van der Waals surface area contributed by atoms with E-state index in [-0.39, 0.29) is 13.2 Å². The lowest BCUT2D eigenvalue weighted by Gasteiger charge is -2.12. The Bertz CT molecular complexity index is 598. The minimum Gasteiger partial charge on any atom is -0.394 e. The lowest BCUT2D eigenvalue weighted by molar-refractivity contribution is 0.105. The topological polar surface area (TPSA) is 70.3 Å². The highest BCUT2D eigenvalue weighted by Crippen LogP contribution is 2.19. The maximum absolute atomic E-state index is 14.1. The molecule has 1 heterocycles. The van der Waals surface area contributed by atoms with Crippen molar-refractivity contribution in [2.75, 3.05) is 18.5 Å². The fourth-order valence-electron chi connectivity index (χ4n) is 1.96. The van der Waals surface area contributed by atoms with Gasteiger partial charge in [-0.25, -0.2) is 9.07 Å². The number of hydrogen-bond acceptors (Lipinski definition) is 4. The zero-order valence-electron chi connectivity index (χ0n) is 11.5. The molecular formula is C14H18FN3O2. The molecule has 1 aromatic heterocycles. The molecule has 0 saturated carbocycles. The van der Waals surface area contributed by atoms with Crippen LogP contribution in [0.3, 0.4) is 0 Å².